The molecule has 2 aliphatic rings. The summed E-state index contributed by atoms with van der Waals surface area (Å²) in [5.41, 5.74) is -0.809. The monoisotopic (exact) mass is 298 g/mol. The second-order valence-electron chi connectivity index (χ2n) is 6.72. The lowest BCUT2D eigenvalue weighted by Crippen LogP contribution is -2.54. The van der Waals surface area contributed by atoms with Crippen molar-refractivity contribution in [2.24, 2.45) is 11.3 Å². The first-order chi connectivity index (χ1) is 9.78. The van der Waals surface area contributed by atoms with Gasteiger partial charge in [0.15, 0.2) is 0 Å². The minimum absolute atomic E-state index is 0.00818. The number of hydrogen-bond acceptors (Lipinski definition) is 3. The second-order valence-corrected chi connectivity index (χ2v) is 6.72. The smallest absolute Gasteiger partial charge is 0.320 e. The average Bonchev–Trinajstić information content (AvgIpc) is 2.87. The Morgan fingerprint density at radius 2 is 2.00 bits per heavy atom. The maximum absolute atomic E-state index is 12.7. The van der Waals surface area contributed by atoms with E-state index in [0.29, 0.717) is 32.7 Å². The highest BCUT2D eigenvalue weighted by atomic mass is 16.5. The largest absolute Gasteiger partial charge is 0.481 e. The van der Waals surface area contributed by atoms with Crippen LogP contribution < -0.4 is 0 Å². The minimum atomic E-state index is -0.809. The topological polar surface area (TPSA) is 70.1 Å². The fourth-order valence-electron chi connectivity index (χ4n) is 3.24. The summed E-state index contributed by atoms with van der Waals surface area (Å²) in [6.07, 6.45) is 0.557. The molecule has 2 rings (SSSR count). The number of rotatable bonds is 2. The number of carbonyl (C=O) groups is 2. The van der Waals surface area contributed by atoms with Crippen molar-refractivity contribution in [2.75, 3.05) is 26.2 Å². The Kier molecular flexibility index (Phi) is 4.46. The molecule has 0 radical (unpaired) electrons. The van der Waals surface area contributed by atoms with Gasteiger partial charge in [-0.15, -0.1) is 0 Å². The van der Waals surface area contributed by atoms with Crippen LogP contribution in [0.5, 0.6) is 0 Å². The summed E-state index contributed by atoms with van der Waals surface area (Å²) in [7, 11) is 0. The molecule has 3 atom stereocenters. The number of carbonyl (C=O) groups excluding carboxylic acids is 1. The normalized spacial score (nSPS) is 33.6. The molecule has 3 unspecified atom stereocenters. The molecule has 6 nitrogen and oxygen atoms in total. The van der Waals surface area contributed by atoms with E-state index in [1.54, 1.807) is 4.90 Å². The van der Waals surface area contributed by atoms with Gasteiger partial charge >= 0.3 is 12.0 Å². The predicted molar refractivity (Wildman–Crippen MR) is 78.1 cm³/mol. The average molecular weight is 298 g/mol. The molecule has 2 heterocycles. The van der Waals surface area contributed by atoms with E-state index in [4.69, 9.17) is 4.74 Å². The van der Waals surface area contributed by atoms with Crippen LogP contribution in [0.25, 0.3) is 0 Å². The van der Waals surface area contributed by atoms with E-state index in [9.17, 15) is 14.7 Å². The van der Waals surface area contributed by atoms with Crippen LogP contribution in [0.3, 0.4) is 0 Å². The first kappa shape index (κ1) is 16.1. The molecule has 120 valence electrons. The number of amides is 2. The number of aliphatic carboxylic acids is 1. The fraction of sp³-hybridized carbons (Fsp3) is 0.867. The Balaban J connectivity index is 2.09. The Labute approximate surface area is 126 Å². The molecule has 0 spiro atoms. The van der Waals surface area contributed by atoms with Crippen molar-refractivity contribution in [1.82, 2.24) is 9.80 Å². The summed E-state index contributed by atoms with van der Waals surface area (Å²) in [5, 5.41) is 9.57. The van der Waals surface area contributed by atoms with E-state index < -0.39 is 11.4 Å². The number of nitrogens with zero attached hydrogens (tertiary/aromatic N) is 2. The van der Waals surface area contributed by atoms with Crippen LogP contribution in [0.15, 0.2) is 0 Å². The number of carboxylic acid groups (broad SMARTS) is 1. The van der Waals surface area contributed by atoms with Gasteiger partial charge in [0.2, 0.25) is 0 Å². The Morgan fingerprint density at radius 3 is 2.52 bits per heavy atom. The zero-order valence-electron chi connectivity index (χ0n) is 13.3. The molecular weight excluding hydrogens is 272 g/mol. The maximum Gasteiger partial charge on any atom is 0.320 e. The van der Waals surface area contributed by atoms with Gasteiger partial charge in [0.25, 0.3) is 0 Å². The van der Waals surface area contributed by atoms with E-state index in [-0.39, 0.29) is 24.1 Å². The molecule has 21 heavy (non-hydrogen) atoms. The predicted octanol–water partition coefficient (Wildman–Crippen LogP) is 1.65. The van der Waals surface area contributed by atoms with Crippen molar-refractivity contribution in [3.05, 3.63) is 0 Å². The van der Waals surface area contributed by atoms with Crippen LogP contribution in [0.4, 0.5) is 4.79 Å². The number of likely N-dealkylation sites (tertiary alicyclic amines) is 1. The molecule has 0 aliphatic carbocycles. The third kappa shape index (κ3) is 2.86. The number of hydrogen-bond donors (Lipinski definition) is 1. The van der Waals surface area contributed by atoms with Gasteiger partial charge in [-0.25, -0.2) is 4.79 Å². The Morgan fingerprint density at radius 1 is 1.33 bits per heavy atom. The quantitative estimate of drug-likeness (QED) is 0.841. The molecule has 2 fully saturated rings. The number of carboxylic acids is 1. The molecule has 2 saturated heterocycles. The van der Waals surface area contributed by atoms with Crippen molar-refractivity contribution in [3.8, 4) is 0 Å². The third-order valence-electron chi connectivity index (χ3n) is 4.96. The first-order valence-electron chi connectivity index (χ1n) is 7.68. The van der Waals surface area contributed by atoms with Crippen LogP contribution in [0, 0.1) is 11.3 Å². The van der Waals surface area contributed by atoms with Gasteiger partial charge in [-0.05, 0) is 26.2 Å². The summed E-state index contributed by atoms with van der Waals surface area (Å²) in [6.45, 7) is 9.67. The van der Waals surface area contributed by atoms with E-state index in [0.717, 1.165) is 0 Å². The lowest BCUT2D eigenvalue weighted by Gasteiger charge is -2.39. The van der Waals surface area contributed by atoms with Gasteiger partial charge in [-0.1, -0.05) is 13.8 Å². The van der Waals surface area contributed by atoms with Gasteiger partial charge in [-0.2, -0.15) is 0 Å². The standard InChI is InChI=1S/C15H26N2O4/c1-10(2)15(13(18)19)5-6-16(9-15)14(20)17-7-12(4)21-8-11(17)3/h10-12H,5-9H2,1-4H3,(H,18,19). The van der Waals surface area contributed by atoms with Gasteiger partial charge < -0.3 is 19.6 Å². The lowest BCUT2D eigenvalue weighted by atomic mass is 9.76. The summed E-state index contributed by atoms with van der Waals surface area (Å²) in [6, 6.07) is -0.0194. The first-order valence-corrected chi connectivity index (χ1v) is 7.68. The number of morpholine rings is 1. The van der Waals surface area contributed by atoms with Gasteiger partial charge in [0.05, 0.1) is 24.2 Å². The highest BCUT2D eigenvalue weighted by Gasteiger charge is 2.49. The van der Waals surface area contributed by atoms with E-state index in [1.165, 1.54) is 0 Å². The SMILES string of the molecule is CC1CN(C(=O)N2CCC(C(=O)O)(C(C)C)C2)C(C)CO1. The summed E-state index contributed by atoms with van der Waals surface area (Å²) in [5.74, 6) is -0.787. The highest BCUT2D eigenvalue weighted by Crippen LogP contribution is 2.38. The van der Waals surface area contributed by atoms with Gasteiger partial charge in [0.1, 0.15) is 0 Å². The second kappa shape index (κ2) is 5.83. The third-order valence-corrected chi connectivity index (χ3v) is 4.96. The number of urea groups is 1. The summed E-state index contributed by atoms with van der Waals surface area (Å²) < 4.78 is 5.54. The van der Waals surface area contributed by atoms with Crippen LogP contribution in [0.2, 0.25) is 0 Å². The molecule has 0 aromatic heterocycles. The molecule has 1 N–H and O–H groups in total. The van der Waals surface area contributed by atoms with E-state index >= 15 is 0 Å². The Bertz CT molecular complexity index is 426. The van der Waals surface area contributed by atoms with Crippen LogP contribution >= 0.6 is 0 Å². The molecular formula is C15H26N2O4. The molecule has 0 bridgehead atoms. The molecule has 2 aliphatic heterocycles. The van der Waals surface area contributed by atoms with Crippen LogP contribution in [-0.2, 0) is 9.53 Å². The van der Waals surface area contributed by atoms with E-state index in [2.05, 4.69) is 0 Å². The van der Waals surface area contributed by atoms with Gasteiger partial charge in [-0.3, -0.25) is 4.79 Å². The summed E-state index contributed by atoms with van der Waals surface area (Å²) in [4.78, 5) is 27.9. The van der Waals surface area contributed by atoms with Crippen LogP contribution in [-0.4, -0.2) is 65.3 Å². The number of ether oxygens (including phenoxy) is 1. The maximum atomic E-state index is 12.7. The van der Waals surface area contributed by atoms with Crippen molar-refractivity contribution in [3.63, 3.8) is 0 Å². The van der Waals surface area contributed by atoms with Crippen molar-refractivity contribution in [2.45, 2.75) is 46.3 Å². The van der Waals surface area contributed by atoms with Gasteiger partial charge in [0, 0.05) is 19.6 Å². The Hall–Kier alpha value is -1.30. The minimum Gasteiger partial charge on any atom is -0.481 e. The molecule has 0 aromatic rings. The lowest BCUT2D eigenvalue weighted by molar-refractivity contribution is -0.150. The highest BCUT2D eigenvalue weighted by molar-refractivity contribution is 5.80. The zero-order valence-corrected chi connectivity index (χ0v) is 13.3. The van der Waals surface area contributed by atoms with E-state index in [1.807, 2.05) is 32.6 Å². The summed E-state index contributed by atoms with van der Waals surface area (Å²) >= 11 is 0. The molecule has 0 saturated carbocycles. The van der Waals surface area contributed by atoms with Crippen molar-refractivity contribution < 1.29 is 19.4 Å². The molecule has 6 heteroatoms. The van der Waals surface area contributed by atoms with Crippen molar-refractivity contribution in [1.29, 1.82) is 0 Å². The van der Waals surface area contributed by atoms with Crippen LogP contribution in [0.1, 0.15) is 34.1 Å². The fourth-order valence-corrected chi connectivity index (χ4v) is 3.24. The molecule has 0 aromatic carbocycles. The molecule has 2 amide bonds. The zero-order chi connectivity index (χ0) is 15.8. The van der Waals surface area contributed by atoms with Crippen molar-refractivity contribution >= 4 is 12.0 Å².